The number of hydrogen-bond donors (Lipinski definition) is 0. The Morgan fingerprint density at radius 2 is 1.92 bits per heavy atom. The van der Waals surface area contributed by atoms with Gasteiger partial charge in [0, 0.05) is 38.3 Å². The van der Waals surface area contributed by atoms with Crippen LogP contribution in [0.25, 0.3) is 11.5 Å². The minimum absolute atomic E-state index is 0.0233. The average molecular weight is 494 g/mol. The molecule has 0 amide bonds. The van der Waals surface area contributed by atoms with Gasteiger partial charge in [-0.2, -0.15) is 4.68 Å². The summed E-state index contributed by atoms with van der Waals surface area (Å²) in [6, 6.07) is 11.0. The summed E-state index contributed by atoms with van der Waals surface area (Å²) in [6.07, 6.45) is 3.10. The molecule has 1 saturated heterocycles. The van der Waals surface area contributed by atoms with Crippen LogP contribution in [0, 0.1) is 5.41 Å². The molecule has 3 heterocycles. The summed E-state index contributed by atoms with van der Waals surface area (Å²) >= 11 is 0. The van der Waals surface area contributed by atoms with Crippen LogP contribution in [0.3, 0.4) is 0 Å². The lowest BCUT2D eigenvalue weighted by molar-refractivity contribution is -0.120. The fourth-order valence-corrected chi connectivity index (χ4v) is 4.31. The van der Waals surface area contributed by atoms with Crippen LogP contribution in [0.5, 0.6) is 5.75 Å². The maximum absolute atomic E-state index is 13.5. The molecule has 0 radical (unpaired) electrons. The second-order valence-corrected chi connectivity index (χ2v) is 10.3. The lowest BCUT2D eigenvalue weighted by Crippen LogP contribution is -2.37. The molecule has 0 spiro atoms. The molecule has 0 unspecified atom stereocenters. The number of morpholine rings is 1. The first-order valence-corrected chi connectivity index (χ1v) is 12.4. The van der Waals surface area contributed by atoms with Crippen molar-refractivity contribution in [1.82, 2.24) is 24.2 Å². The monoisotopic (exact) mass is 493 g/mol. The van der Waals surface area contributed by atoms with Crippen LogP contribution in [0.2, 0.25) is 0 Å². The number of methoxy groups -OCH3 is 1. The first-order chi connectivity index (χ1) is 17.2. The number of ether oxygens (including phenoxy) is 2. The summed E-state index contributed by atoms with van der Waals surface area (Å²) in [5.74, 6) is 1.43. The smallest absolute Gasteiger partial charge is 0.356 e. The van der Waals surface area contributed by atoms with Crippen LogP contribution in [0.1, 0.15) is 38.6 Å². The highest BCUT2D eigenvalue weighted by Crippen LogP contribution is 2.21. The van der Waals surface area contributed by atoms with E-state index in [1.165, 1.54) is 9.25 Å². The number of hydrogen-bond acceptors (Lipinski definition) is 7. The summed E-state index contributed by atoms with van der Waals surface area (Å²) in [6.45, 7) is 10.4. The first kappa shape index (κ1) is 25.8. The molecule has 1 fully saturated rings. The third-order valence-electron chi connectivity index (χ3n) is 6.09. The van der Waals surface area contributed by atoms with E-state index >= 15 is 0 Å². The van der Waals surface area contributed by atoms with Gasteiger partial charge in [0.1, 0.15) is 17.4 Å². The molecule has 1 aliphatic rings. The van der Waals surface area contributed by atoms with E-state index in [-0.39, 0.29) is 23.3 Å². The Morgan fingerprint density at radius 3 is 2.58 bits per heavy atom. The number of carbonyl (C=O) groups is 1. The molecule has 0 bridgehead atoms. The number of benzene rings is 1. The second kappa shape index (κ2) is 11.2. The summed E-state index contributed by atoms with van der Waals surface area (Å²) in [4.78, 5) is 33.3. The van der Waals surface area contributed by atoms with Crippen LogP contribution in [-0.4, -0.2) is 70.0 Å². The Hall–Kier alpha value is -3.30. The van der Waals surface area contributed by atoms with Crippen molar-refractivity contribution in [1.29, 1.82) is 0 Å². The van der Waals surface area contributed by atoms with E-state index in [0.29, 0.717) is 29.5 Å². The van der Waals surface area contributed by atoms with Gasteiger partial charge in [-0.1, -0.05) is 32.9 Å². The topological polar surface area (TPSA) is 91.5 Å². The summed E-state index contributed by atoms with van der Waals surface area (Å²) < 4.78 is 13.5. The van der Waals surface area contributed by atoms with Crippen molar-refractivity contribution in [3.05, 3.63) is 64.5 Å². The van der Waals surface area contributed by atoms with Crippen molar-refractivity contribution in [2.45, 2.75) is 40.0 Å². The normalized spacial score (nSPS) is 14.7. The Labute approximate surface area is 211 Å². The minimum Gasteiger partial charge on any atom is -0.497 e. The van der Waals surface area contributed by atoms with Gasteiger partial charge in [-0.15, -0.1) is 5.10 Å². The fraction of sp³-hybridized carbons (Fsp3) is 0.481. The Balaban J connectivity index is 1.62. The molecular formula is C27H35N5O4. The number of pyridine rings is 1. The van der Waals surface area contributed by atoms with Gasteiger partial charge in [0.05, 0.1) is 32.4 Å². The van der Waals surface area contributed by atoms with E-state index in [4.69, 9.17) is 9.47 Å². The molecule has 0 aliphatic carbocycles. The molecule has 1 aliphatic heterocycles. The van der Waals surface area contributed by atoms with E-state index in [1.54, 1.807) is 43.6 Å². The van der Waals surface area contributed by atoms with E-state index in [9.17, 15) is 9.59 Å². The summed E-state index contributed by atoms with van der Waals surface area (Å²) in [5, 5.41) is 4.55. The molecular weight excluding hydrogens is 458 g/mol. The van der Waals surface area contributed by atoms with Gasteiger partial charge in [-0.05, 0) is 35.6 Å². The quantitative estimate of drug-likeness (QED) is 0.453. The van der Waals surface area contributed by atoms with Gasteiger partial charge in [0.2, 0.25) is 0 Å². The standard InChI is InChI=1S/C27H35N5O4/c1-27(2,3)18-22(33)17-25-29-32(26(34)31(25)21-6-5-7-23(16-21)35-4)24-9-8-20(19-28-24)10-11-30-12-14-36-15-13-30/h5-9,16,19H,10-15,17-18H2,1-4H3. The minimum atomic E-state index is -0.379. The second-order valence-electron chi connectivity index (χ2n) is 10.3. The van der Waals surface area contributed by atoms with E-state index in [1.807, 2.05) is 26.8 Å². The first-order valence-electron chi connectivity index (χ1n) is 12.4. The summed E-state index contributed by atoms with van der Waals surface area (Å²) in [7, 11) is 1.57. The van der Waals surface area contributed by atoms with E-state index in [2.05, 4.69) is 15.0 Å². The van der Waals surface area contributed by atoms with Gasteiger partial charge in [-0.25, -0.2) is 14.3 Å². The molecule has 36 heavy (non-hydrogen) atoms. The number of carbonyl (C=O) groups excluding carboxylic acids is 1. The molecule has 1 aromatic carbocycles. The van der Waals surface area contributed by atoms with E-state index in [0.717, 1.165) is 44.8 Å². The van der Waals surface area contributed by atoms with Crippen molar-refractivity contribution < 1.29 is 14.3 Å². The Morgan fingerprint density at radius 1 is 1.14 bits per heavy atom. The lowest BCUT2D eigenvalue weighted by atomic mass is 9.89. The van der Waals surface area contributed by atoms with Crippen molar-refractivity contribution >= 4 is 5.78 Å². The van der Waals surface area contributed by atoms with Crippen LogP contribution in [0.15, 0.2) is 47.4 Å². The van der Waals surface area contributed by atoms with Crippen molar-refractivity contribution in [3.63, 3.8) is 0 Å². The van der Waals surface area contributed by atoms with Crippen LogP contribution in [0.4, 0.5) is 0 Å². The third kappa shape index (κ3) is 6.47. The number of ketones is 1. The maximum atomic E-state index is 13.5. The molecule has 192 valence electrons. The largest absolute Gasteiger partial charge is 0.497 e. The molecule has 2 aromatic heterocycles. The van der Waals surface area contributed by atoms with Crippen molar-refractivity contribution in [2.75, 3.05) is 40.0 Å². The third-order valence-corrected chi connectivity index (χ3v) is 6.09. The number of Topliss-reactive ketones (excluding diaryl/α,β-unsaturated/α-hetero) is 1. The molecule has 0 saturated carbocycles. The SMILES string of the molecule is COc1cccc(-n2c(CC(=O)CC(C)(C)C)nn(-c3ccc(CCN4CCOCC4)cn3)c2=O)c1. The fourth-order valence-electron chi connectivity index (χ4n) is 4.31. The van der Waals surface area contributed by atoms with Gasteiger partial charge in [0.15, 0.2) is 5.82 Å². The molecule has 0 N–H and O–H groups in total. The predicted molar refractivity (Wildman–Crippen MR) is 137 cm³/mol. The molecule has 9 nitrogen and oxygen atoms in total. The van der Waals surface area contributed by atoms with Gasteiger partial charge in [0.25, 0.3) is 0 Å². The zero-order valence-electron chi connectivity index (χ0n) is 21.6. The number of aromatic nitrogens is 4. The van der Waals surface area contributed by atoms with E-state index < -0.39 is 0 Å². The molecule has 3 aromatic rings. The number of nitrogens with zero attached hydrogens (tertiary/aromatic N) is 5. The van der Waals surface area contributed by atoms with Gasteiger partial charge >= 0.3 is 5.69 Å². The van der Waals surface area contributed by atoms with Gasteiger partial charge < -0.3 is 9.47 Å². The average Bonchev–Trinajstić information content (AvgIpc) is 3.17. The van der Waals surface area contributed by atoms with Gasteiger partial charge in [-0.3, -0.25) is 9.69 Å². The highest BCUT2D eigenvalue weighted by Gasteiger charge is 2.22. The molecule has 9 heteroatoms. The zero-order valence-corrected chi connectivity index (χ0v) is 21.6. The molecule has 0 atom stereocenters. The Kier molecular flexibility index (Phi) is 8.01. The van der Waals surface area contributed by atoms with Crippen LogP contribution >= 0.6 is 0 Å². The maximum Gasteiger partial charge on any atom is 0.356 e. The Bertz CT molecular complexity index is 1230. The zero-order chi connectivity index (χ0) is 25.7. The van der Waals surface area contributed by atoms with Crippen LogP contribution in [-0.2, 0) is 22.4 Å². The van der Waals surface area contributed by atoms with Crippen LogP contribution < -0.4 is 10.4 Å². The van der Waals surface area contributed by atoms with Crippen molar-refractivity contribution in [3.8, 4) is 17.3 Å². The molecule has 4 rings (SSSR count). The van der Waals surface area contributed by atoms with Crippen molar-refractivity contribution in [2.24, 2.45) is 5.41 Å². The summed E-state index contributed by atoms with van der Waals surface area (Å²) in [5.41, 5.74) is 1.15. The predicted octanol–water partition coefficient (Wildman–Crippen LogP) is 2.85. The highest BCUT2D eigenvalue weighted by molar-refractivity contribution is 5.80. The number of rotatable bonds is 9. The lowest BCUT2D eigenvalue weighted by Gasteiger charge is -2.26. The highest BCUT2D eigenvalue weighted by atomic mass is 16.5.